The van der Waals surface area contributed by atoms with Gasteiger partial charge in [-0.3, -0.25) is 4.57 Å². The van der Waals surface area contributed by atoms with Crippen LogP contribution >= 0.6 is 0 Å². The molecular formula is C30H18N6O. The summed E-state index contributed by atoms with van der Waals surface area (Å²) in [5, 5.41) is 17.8. The number of benzene rings is 4. The Bertz CT molecular complexity index is 2130. The van der Waals surface area contributed by atoms with Crippen molar-refractivity contribution >= 4 is 49.1 Å². The number of hydrogen-bond acceptors (Lipinski definition) is 5. The molecule has 0 aliphatic heterocycles. The molecule has 0 saturated heterocycles. The van der Waals surface area contributed by atoms with Crippen LogP contribution in [0.2, 0.25) is 0 Å². The van der Waals surface area contributed by atoms with Crippen LogP contribution in [0.4, 0.5) is 0 Å². The number of para-hydroxylation sites is 2. The van der Waals surface area contributed by atoms with Crippen LogP contribution in [0.15, 0.2) is 109 Å². The summed E-state index contributed by atoms with van der Waals surface area (Å²) in [6, 6.07) is 34.7. The van der Waals surface area contributed by atoms with Crippen LogP contribution in [0.1, 0.15) is 0 Å². The summed E-state index contributed by atoms with van der Waals surface area (Å²) in [7, 11) is 0. The largest absolute Gasteiger partial charge is 0.457 e. The highest BCUT2D eigenvalue weighted by molar-refractivity contribution is 6.12. The maximum absolute atomic E-state index is 6.41. The Morgan fingerprint density at radius 3 is 2.11 bits per heavy atom. The maximum atomic E-state index is 6.41. The van der Waals surface area contributed by atoms with Gasteiger partial charge in [-0.2, -0.15) is 4.52 Å². The average Bonchev–Trinajstić information content (AvgIpc) is 3.57. The normalized spacial score (nSPS) is 11.8. The zero-order chi connectivity index (χ0) is 24.3. The first-order valence-electron chi connectivity index (χ1n) is 12.0. The molecule has 4 aromatic heterocycles. The molecule has 0 unspecified atom stereocenters. The van der Waals surface area contributed by atoms with Gasteiger partial charge in [0.2, 0.25) is 0 Å². The van der Waals surface area contributed by atoms with Crippen LogP contribution in [-0.2, 0) is 0 Å². The van der Waals surface area contributed by atoms with Gasteiger partial charge >= 0.3 is 0 Å². The van der Waals surface area contributed by atoms with Crippen molar-refractivity contribution in [2.75, 3.05) is 0 Å². The van der Waals surface area contributed by atoms with Crippen LogP contribution in [0.5, 0.6) is 11.5 Å². The summed E-state index contributed by atoms with van der Waals surface area (Å²) >= 11 is 0. The first-order chi connectivity index (χ1) is 18.3. The second kappa shape index (κ2) is 7.60. The quantitative estimate of drug-likeness (QED) is 0.264. The van der Waals surface area contributed by atoms with Crippen molar-refractivity contribution in [1.82, 2.24) is 29.6 Å². The molecule has 4 heterocycles. The molecule has 0 bridgehead atoms. The van der Waals surface area contributed by atoms with E-state index in [0.717, 1.165) is 49.7 Å². The first-order valence-corrected chi connectivity index (χ1v) is 12.0. The number of rotatable bonds is 3. The second-order valence-electron chi connectivity index (χ2n) is 8.96. The zero-order valence-electron chi connectivity index (χ0n) is 19.5. The van der Waals surface area contributed by atoms with Crippen molar-refractivity contribution in [3.63, 3.8) is 0 Å². The lowest BCUT2D eigenvalue weighted by molar-refractivity contribution is 0.484. The van der Waals surface area contributed by atoms with Crippen molar-refractivity contribution in [3.8, 4) is 17.3 Å². The number of hydrogen-bond donors (Lipinski definition) is 0. The molecule has 0 aliphatic rings. The second-order valence-corrected chi connectivity index (χ2v) is 8.96. The monoisotopic (exact) mass is 478 g/mol. The molecule has 0 radical (unpaired) electrons. The van der Waals surface area contributed by atoms with E-state index in [1.165, 1.54) is 5.39 Å². The molecule has 0 spiro atoms. The fourth-order valence-corrected chi connectivity index (χ4v) is 5.29. The van der Waals surface area contributed by atoms with E-state index in [1.54, 1.807) is 4.52 Å². The average molecular weight is 479 g/mol. The minimum absolute atomic E-state index is 0.699. The van der Waals surface area contributed by atoms with E-state index < -0.39 is 0 Å². The molecule has 37 heavy (non-hydrogen) atoms. The van der Waals surface area contributed by atoms with Gasteiger partial charge in [-0.1, -0.05) is 42.5 Å². The summed E-state index contributed by atoms with van der Waals surface area (Å²) in [5.41, 5.74) is 3.81. The molecule has 0 fully saturated rings. The van der Waals surface area contributed by atoms with E-state index >= 15 is 0 Å². The fraction of sp³-hybridized carbons (Fsp3) is 0. The SMILES string of the molecule is c1ccc(-n2c3ccccc3c3ccc(Oc4ccc5c6ccccc6n6nnnc6c5c4)cc32)nc1. The summed E-state index contributed by atoms with van der Waals surface area (Å²) in [5.74, 6) is 2.32. The lowest BCUT2D eigenvalue weighted by Crippen LogP contribution is -1.96. The molecule has 7 nitrogen and oxygen atoms in total. The molecule has 0 amide bonds. The molecule has 0 N–H and O–H groups in total. The Morgan fingerprint density at radius 2 is 1.27 bits per heavy atom. The summed E-state index contributed by atoms with van der Waals surface area (Å²) < 4.78 is 10.4. The topological polar surface area (TPSA) is 70.1 Å². The molecule has 0 aliphatic carbocycles. The highest BCUT2D eigenvalue weighted by Gasteiger charge is 2.15. The van der Waals surface area contributed by atoms with E-state index in [2.05, 4.69) is 73.6 Å². The highest BCUT2D eigenvalue weighted by Crippen LogP contribution is 2.36. The van der Waals surface area contributed by atoms with Crippen molar-refractivity contribution in [2.24, 2.45) is 0 Å². The van der Waals surface area contributed by atoms with Crippen LogP contribution < -0.4 is 4.74 Å². The summed E-state index contributed by atoms with van der Waals surface area (Å²) in [6.07, 6.45) is 1.81. The lowest BCUT2D eigenvalue weighted by atomic mass is 10.1. The number of ether oxygens (including phenoxy) is 1. The third-order valence-corrected chi connectivity index (χ3v) is 6.88. The molecule has 0 atom stereocenters. The predicted octanol–water partition coefficient (Wildman–Crippen LogP) is 6.72. The number of nitrogens with zero attached hydrogens (tertiary/aromatic N) is 6. The smallest absolute Gasteiger partial charge is 0.187 e. The van der Waals surface area contributed by atoms with Gasteiger partial charge in [-0.25, -0.2) is 4.98 Å². The molecule has 7 heteroatoms. The van der Waals surface area contributed by atoms with Gasteiger partial charge in [0.05, 0.1) is 16.6 Å². The van der Waals surface area contributed by atoms with Crippen LogP contribution in [0, 0.1) is 0 Å². The Labute approximate surface area is 210 Å². The molecule has 8 rings (SSSR count). The molecule has 8 aromatic rings. The molecule has 0 saturated carbocycles. The van der Waals surface area contributed by atoms with Crippen molar-refractivity contribution in [2.45, 2.75) is 0 Å². The number of fused-ring (bicyclic) bond motifs is 9. The molecule has 174 valence electrons. The maximum Gasteiger partial charge on any atom is 0.187 e. The molecule has 4 aromatic carbocycles. The third kappa shape index (κ3) is 2.94. The van der Waals surface area contributed by atoms with Gasteiger partial charge in [0.15, 0.2) is 5.65 Å². The Hall–Kier alpha value is -5.30. The van der Waals surface area contributed by atoms with Gasteiger partial charge in [0.1, 0.15) is 17.3 Å². The van der Waals surface area contributed by atoms with E-state index in [9.17, 15) is 0 Å². The number of tetrazole rings is 1. The van der Waals surface area contributed by atoms with Crippen molar-refractivity contribution in [1.29, 1.82) is 0 Å². The zero-order valence-corrected chi connectivity index (χ0v) is 19.5. The fourth-order valence-electron chi connectivity index (χ4n) is 5.29. The molecular weight excluding hydrogens is 460 g/mol. The standard InChI is InChI=1S/C30H18N6O/c1-3-9-26-23(8-1)24-15-13-20(18-28(24)35(26)29-11-5-6-16-31-29)37-19-12-14-21-22-7-2-4-10-27(22)36-30(25(21)17-19)32-33-34-36/h1-18H. The van der Waals surface area contributed by atoms with E-state index in [0.29, 0.717) is 11.4 Å². The lowest BCUT2D eigenvalue weighted by Gasteiger charge is -2.11. The van der Waals surface area contributed by atoms with Gasteiger partial charge in [-0.05, 0) is 70.4 Å². The summed E-state index contributed by atoms with van der Waals surface area (Å²) in [4.78, 5) is 4.62. The highest BCUT2D eigenvalue weighted by atomic mass is 16.5. The van der Waals surface area contributed by atoms with Gasteiger partial charge in [-0.15, -0.1) is 5.10 Å². The number of pyridine rings is 2. The van der Waals surface area contributed by atoms with E-state index in [4.69, 9.17) is 4.74 Å². The van der Waals surface area contributed by atoms with Crippen molar-refractivity contribution in [3.05, 3.63) is 109 Å². The number of aromatic nitrogens is 6. The van der Waals surface area contributed by atoms with Crippen LogP contribution in [-0.4, -0.2) is 29.6 Å². The van der Waals surface area contributed by atoms with E-state index in [1.807, 2.05) is 60.8 Å². The Kier molecular flexibility index (Phi) is 4.10. The van der Waals surface area contributed by atoms with Gasteiger partial charge in [0, 0.05) is 33.8 Å². The third-order valence-electron chi connectivity index (χ3n) is 6.88. The summed E-state index contributed by atoms with van der Waals surface area (Å²) in [6.45, 7) is 0. The minimum Gasteiger partial charge on any atom is -0.457 e. The van der Waals surface area contributed by atoms with Crippen molar-refractivity contribution < 1.29 is 4.74 Å². The predicted molar refractivity (Wildman–Crippen MR) is 144 cm³/mol. The van der Waals surface area contributed by atoms with E-state index in [-0.39, 0.29) is 0 Å². The minimum atomic E-state index is 0.699. The Balaban J connectivity index is 1.30. The van der Waals surface area contributed by atoms with Crippen LogP contribution in [0.3, 0.4) is 0 Å². The van der Waals surface area contributed by atoms with Gasteiger partial charge in [0.25, 0.3) is 0 Å². The first kappa shape index (κ1) is 19.9. The van der Waals surface area contributed by atoms with Crippen LogP contribution in [0.25, 0.3) is 54.9 Å². The Morgan fingerprint density at radius 1 is 0.568 bits per heavy atom. The van der Waals surface area contributed by atoms with Gasteiger partial charge < -0.3 is 4.74 Å².